The molecule has 0 fully saturated rings. The molecule has 0 atom stereocenters. The van der Waals surface area contributed by atoms with Crippen molar-refractivity contribution in [2.75, 3.05) is 0 Å². The number of ketones is 1. The average Bonchev–Trinajstić information content (AvgIpc) is 2.53. The summed E-state index contributed by atoms with van der Waals surface area (Å²) in [5.74, 6) is 1.07. The van der Waals surface area contributed by atoms with Crippen molar-refractivity contribution in [3.05, 3.63) is 59.2 Å². The van der Waals surface area contributed by atoms with Gasteiger partial charge in [0.25, 0.3) is 0 Å². The average molecular weight is 276 g/mol. The van der Waals surface area contributed by atoms with E-state index >= 15 is 0 Å². The van der Waals surface area contributed by atoms with Gasteiger partial charge in [-0.25, -0.2) is 0 Å². The monoisotopic (exact) mass is 276 g/mol. The van der Waals surface area contributed by atoms with E-state index in [0.29, 0.717) is 13.0 Å². The number of fused-ring (bicyclic) bond motifs is 4. The van der Waals surface area contributed by atoms with Gasteiger partial charge in [-0.2, -0.15) is 0 Å². The fraction of sp³-hybridized carbons (Fsp3) is 0.211. The van der Waals surface area contributed by atoms with Gasteiger partial charge >= 0.3 is 0 Å². The molecule has 0 aromatic heterocycles. The predicted molar refractivity (Wildman–Crippen MR) is 83.6 cm³/mol. The van der Waals surface area contributed by atoms with E-state index in [1.54, 1.807) is 0 Å². The molecule has 21 heavy (non-hydrogen) atoms. The molecule has 0 saturated carbocycles. The third kappa shape index (κ3) is 1.83. The first-order valence-corrected chi connectivity index (χ1v) is 7.35. The van der Waals surface area contributed by atoms with Crippen molar-refractivity contribution in [3.8, 4) is 16.9 Å². The minimum absolute atomic E-state index is 0.241. The Labute approximate surface area is 124 Å². The molecule has 0 amide bonds. The highest BCUT2D eigenvalue weighted by atomic mass is 16.5. The van der Waals surface area contributed by atoms with E-state index < -0.39 is 0 Å². The first-order chi connectivity index (χ1) is 10.3. The molecular formula is C19H16O2. The number of carbonyl (C=O) groups excluding carboxylic acids is 1. The molecule has 0 spiro atoms. The fourth-order valence-corrected chi connectivity index (χ4v) is 3.37. The molecule has 1 aliphatic heterocycles. The van der Waals surface area contributed by atoms with Gasteiger partial charge in [0, 0.05) is 17.5 Å². The number of rotatable bonds is 1. The zero-order valence-corrected chi connectivity index (χ0v) is 11.8. The summed E-state index contributed by atoms with van der Waals surface area (Å²) < 4.78 is 5.88. The van der Waals surface area contributed by atoms with Crippen LogP contribution in [-0.4, -0.2) is 5.78 Å². The standard InChI is InChI=1S/C19H16O2/c1-2-12-5-3-7-14-11-21-18-10-15-13(6-4-8-17(15)20)9-16(18)19(12)14/h2-3,5,7,9-10H,1,4,6,8,11H2. The molecule has 1 heterocycles. The highest BCUT2D eigenvalue weighted by Crippen LogP contribution is 2.42. The summed E-state index contributed by atoms with van der Waals surface area (Å²) in [4.78, 5) is 12.1. The quantitative estimate of drug-likeness (QED) is 0.771. The van der Waals surface area contributed by atoms with Gasteiger partial charge in [0.2, 0.25) is 0 Å². The number of ether oxygens (including phenoxy) is 1. The van der Waals surface area contributed by atoms with E-state index in [2.05, 4.69) is 24.8 Å². The number of carbonyl (C=O) groups is 1. The lowest BCUT2D eigenvalue weighted by Crippen LogP contribution is -2.14. The Bertz CT molecular complexity index is 771. The van der Waals surface area contributed by atoms with Crippen molar-refractivity contribution < 1.29 is 9.53 Å². The molecule has 0 bridgehead atoms. The van der Waals surface area contributed by atoms with Gasteiger partial charge in [-0.15, -0.1) is 0 Å². The van der Waals surface area contributed by atoms with E-state index in [9.17, 15) is 4.79 Å². The Morgan fingerprint density at radius 3 is 2.86 bits per heavy atom. The summed E-state index contributed by atoms with van der Waals surface area (Å²) in [6, 6.07) is 10.3. The van der Waals surface area contributed by atoms with Gasteiger partial charge in [-0.05, 0) is 47.2 Å². The SMILES string of the molecule is C=Cc1cccc2c1-c1cc3c(cc1OC2)C(=O)CCC3. The van der Waals surface area contributed by atoms with Crippen molar-refractivity contribution in [1.29, 1.82) is 0 Å². The molecular weight excluding hydrogens is 260 g/mol. The predicted octanol–water partition coefficient (Wildman–Crippen LogP) is 4.41. The van der Waals surface area contributed by atoms with E-state index in [1.165, 1.54) is 11.1 Å². The van der Waals surface area contributed by atoms with Gasteiger partial charge in [0.1, 0.15) is 12.4 Å². The van der Waals surface area contributed by atoms with Gasteiger partial charge < -0.3 is 4.74 Å². The summed E-state index contributed by atoms with van der Waals surface area (Å²) in [5.41, 5.74) is 6.61. The number of hydrogen-bond acceptors (Lipinski definition) is 2. The summed E-state index contributed by atoms with van der Waals surface area (Å²) in [6.45, 7) is 4.47. The Balaban J connectivity index is 1.99. The van der Waals surface area contributed by atoms with Crippen LogP contribution in [0.15, 0.2) is 36.9 Å². The van der Waals surface area contributed by atoms with Crippen molar-refractivity contribution in [2.24, 2.45) is 0 Å². The summed E-state index contributed by atoms with van der Waals surface area (Å²) in [5, 5.41) is 0. The van der Waals surface area contributed by atoms with Gasteiger partial charge in [-0.3, -0.25) is 4.79 Å². The molecule has 104 valence electrons. The largest absolute Gasteiger partial charge is 0.488 e. The molecule has 0 unspecified atom stereocenters. The van der Waals surface area contributed by atoms with Crippen LogP contribution in [0.5, 0.6) is 5.75 Å². The lowest BCUT2D eigenvalue weighted by Gasteiger charge is -2.25. The van der Waals surface area contributed by atoms with Crippen molar-refractivity contribution in [1.82, 2.24) is 0 Å². The van der Waals surface area contributed by atoms with Crippen LogP contribution in [0.3, 0.4) is 0 Å². The first kappa shape index (κ1) is 12.4. The molecule has 0 saturated heterocycles. The molecule has 2 aromatic rings. The Hall–Kier alpha value is -2.35. The third-order valence-corrected chi connectivity index (χ3v) is 4.41. The topological polar surface area (TPSA) is 26.3 Å². The maximum atomic E-state index is 12.1. The van der Waals surface area contributed by atoms with Crippen molar-refractivity contribution >= 4 is 11.9 Å². The van der Waals surface area contributed by atoms with Crippen LogP contribution in [0.1, 0.15) is 39.9 Å². The zero-order valence-electron chi connectivity index (χ0n) is 11.8. The van der Waals surface area contributed by atoms with Crippen LogP contribution < -0.4 is 4.74 Å². The van der Waals surface area contributed by atoms with Crippen LogP contribution in [0.4, 0.5) is 0 Å². The molecule has 4 rings (SSSR count). The van der Waals surface area contributed by atoms with E-state index in [0.717, 1.165) is 40.8 Å². The van der Waals surface area contributed by atoms with Crippen LogP contribution in [-0.2, 0) is 13.0 Å². The Morgan fingerprint density at radius 1 is 1.10 bits per heavy atom. The summed E-state index contributed by atoms with van der Waals surface area (Å²) in [6.07, 6.45) is 4.46. The number of aryl methyl sites for hydroxylation is 1. The van der Waals surface area contributed by atoms with E-state index in [4.69, 9.17) is 4.74 Å². The fourth-order valence-electron chi connectivity index (χ4n) is 3.37. The molecule has 2 nitrogen and oxygen atoms in total. The van der Waals surface area contributed by atoms with E-state index in [-0.39, 0.29) is 5.78 Å². The molecule has 2 aromatic carbocycles. The number of Topliss-reactive ketones (excluding diaryl/α,β-unsaturated/α-hetero) is 1. The highest BCUT2D eigenvalue weighted by Gasteiger charge is 2.25. The van der Waals surface area contributed by atoms with Gasteiger partial charge in [0.15, 0.2) is 5.78 Å². The lowest BCUT2D eigenvalue weighted by molar-refractivity contribution is 0.0972. The van der Waals surface area contributed by atoms with Gasteiger partial charge in [0.05, 0.1) is 0 Å². The molecule has 1 aliphatic carbocycles. The summed E-state index contributed by atoms with van der Waals surface area (Å²) >= 11 is 0. The molecule has 2 heteroatoms. The van der Waals surface area contributed by atoms with Crippen LogP contribution >= 0.6 is 0 Å². The maximum absolute atomic E-state index is 12.1. The van der Waals surface area contributed by atoms with Gasteiger partial charge in [-0.1, -0.05) is 30.9 Å². The second-order valence-electron chi connectivity index (χ2n) is 5.66. The van der Waals surface area contributed by atoms with Crippen LogP contribution in [0.25, 0.3) is 17.2 Å². The van der Waals surface area contributed by atoms with E-state index in [1.807, 2.05) is 18.2 Å². The minimum atomic E-state index is 0.241. The Morgan fingerprint density at radius 2 is 2.00 bits per heavy atom. The third-order valence-electron chi connectivity index (χ3n) is 4.41. The maximum Gasteiger partial charge on any atom is 0.163 e. The summed E-state index contributed by atoms with van der Waals surface area (Å²) in [7, 11) is 0. The van der Waals surface area contributed by atoms with Crippen LogP contribution in [0.2, 0.25) is 0 Å². The molecule has 0 N–H and O–H groups in total. The number of benzene rings is 2. The number of hydrogen-bond donors (Lipinski definition) is 0. The normalized spacial score (nSPS) is 15.5. The molecule has 0 radical (unpaired) electrons. The molecule has 2 aliphatic rings. The lowest BCUT2D eigenvalue weighted by atomic mass is 9.85. The second-order valence-corrected chi connectivity index (χ2v) is 5.66. The van der Waals surface area contributed by atoms with Crippen LogP contribution in [0, 0.1) is 0 Å². The first-order valence-electron chi connectivity index (χ1n) is 7.35. The van der Waals surface area contributed by atoms with Crippen molar-refractivity contribution in [2.45, 2.75) is 25.9 Å². The zero-order chi connectivity index (χ0) is 14.4. The smallest absolute Gasteiger partial charge is 0.163 e. The highest BCUT2D eigenvalue weighted by molar-refractivity contribution is 6.00. The Kier molecular flexibility index (Phi) is 2.71. The second kappa shape index (κ2) is 4.59. The minimum Gasteiger partial charge on any atom is -0.488 e. The van der Waals surface area contributed by atoms with Crippen molar-refractivity contribution in [3.63, 3.8) is 0 Å².